The summed E-state index contributed by atoms with van der Waals surface area (Å²) >= 11 is 0. The van der Waals surface area contributed by atoms with Crippen LogP contribution in [0.3, 0.4) is 0 Å². The second kappa shape index (κ2) is 11.9. The Morgan fingerprint density at radius 2 is 0.821 bits per heavy atom. The second-order valence-corrected chi connectivity index (χ2v) is 15.1. The van der Waals surface area contributed by atoms with Gasteiger partial charge in [-0.3, -0.25) is 0 Å². The quantitative estimate of drug-likeness (QED) is 0.166. The van der Waals surface area contributed by atoms with Gasteiger partial charge >= 0.3 is 0 Å². The zero-order valence-corrected chi connectivity index (χ0v) is 30.5. The molecule has 10 aromatic carbocycles. The number of hydrogen-bond donors (Lipinski definition) is 0. The van der Waals surface area contributed by atoms with Crippen LogP contribution in [-0.4, -0.2) is 0 Å². The van der Waals surface area contributed by atoms with Gasteiger partial charge < -0.3 is 4.42 Å². The van der Waals surface area contributed by atoms with Crippen LogP contribution in [0.25, 0.3) is 87.6 Å². The van der Waals surface area contributed by atoms with Crippen molar-refractivity contribution in [3.05, 3.63) is 229 Å². The molecule has 0 saturated carbocycles. The van der Waals surface area contributed by atoms with Crippen LogP contribution in [0, 0.1) is 0 Å². The highest BCUT2D eigenvalue weighted by molar-refractivity contribution is 6.22. The lowest BCUT2D eigenvalue weighted by Gasteiger charge is -2.34. The van der Waals surface area contributed by atoms with Crippen molar-refractivity contribution in [1.82, 2.24) is 0 Å². The van der Waals surface area contributed by atoms with Crippen molar-refractivity contribution in [3.8, 4) is 33.4 Å². The van der Waals surface area contributed by atoms with Gasteiger partial charge in [0.1, 0.15) is 11.2 Å². The van der Waals surface area contributed by atoms with Crippen molar-refractivity contribution >= 4 is 54.3 Å². The Kier molecular flexibility index (Phi) is 6.62. The summed E-state index contributed by atoms with van der Waals surface area (Å²) in [6.07, 6.45) is 0. The van der Waals surface area contributed by atoms with Crippen LogP contribution in [0.5, 0.6) is 0 Å². The van der Waals surface area contributed by atoms with E-state index in [1.807, 2.05) is 0 Å². The fraction of sp³-hybridized carbons (Fsp3) is 0.0182. The van der Waals surface area contributed by atoms with Crippen molar-refractivity contribution in [3.63, 3.8) is 0 Å². The maximum Gasteiger partial charge on any atom is 0.143 e. The minimum Gasteiger partial charge on any atom is -0.455 e. The molecule has 1 heterocycles. The third kappa shape index (κ3) is 4.26. The lowest BCUT2D eigenvalue weighted by atomic mass is 9.67. The zero-order chi connectivity index (χ0) is 36.8. The van der Waals surface area contributed by atoms with Crippen LogP contribution >= 0.6 is 0 Å². The molecule has 1 heteroatoms. The van der Waals surface area contributed by atoms with Crippen LogP contribution < -0.4 is 0 Å². The van der Waals surface area contributed by atoms with E-state index in [1.54, 1.807) is 0 Å². The molecule has 1 aromatic heterocycles. The van der Waals surface area contributed by atoms with Crippen molar-refractivity contribution in [2.24, 2.45) is 0 Å². The first-order chi connectivity index (χ1) is 27.8. The first-order valence-corrected chi connectivity index (χ1v) is 19.4. The predicted octanol–water partition coefficient (Wildman–Crippen LogP) is 14.7. The van der Waals surface area contributed by atoms with Gasteiger partial charge in [0.05, 0.1) is 5.41 Å². The molecule has 0 bridgehead atoms. The van der Waals surface area contributed by atoms with E-state index in [-0.39, 0.29) is 0 Å². The highest BCUT2D eigenvalue weighted by Crippen LogP contribution is 2.57. The Bertz CT molecular complexity index is 3250. The average molecular weight is 711 g/mol. The molecule has 12 rings (SSSR count). The van der Waals surface area contributed by atoms with Gasteiger partial charge in [-0.25, -0.2) is 0 Å². The van der Waals surface area contributed by atoms with Crippen molar-refractivity contribution in [2.45, 2.75) is 5.41 Å². The van der Waals surface area contributed by atoms with E-state index in [9.17, 15) is 0 Å². The largest absolute Gasteiger partial charge is 0.455 e. The Hall–Kier alpha value is -7.22. The van der Waals surface area contributed by atoms with Crippen LogP contribution in [0.15, 0.2) is 211 Å². The number of fused-ring (bicyclic) bond motifs is 10. The van der Waals surface area contributed by atoms with Gasteiger partial charge in [-0.15, -0.1) is 0 Å². The van der Waals surface area contributed by atoms with Crippen molar-refractivity contribution < 1.29 is 4.42 Å². The molecule has 0 fully saturated rings. The normalized spacial score (nSPS) is 13.1. The number of benzene rings is 10. The topological polar surface area (TPSA) is 13.1 Å². The van der Waals surface area contributed by atoms with E-state index in [0.29, 0.717) is 0 Å². The minimum absolute atomic E-state index is 0.469. The number of furan rings is 1. The molecule has 0 spiro atoms. The summed E-state index contributed by atoms with van der Waals surface area (Å²) in [5, 5.41) is 9.53. The lowest BCUT2D eigenvalue weighted by Crippen LogP contribution is -2.28. The van der Waals surface area contributed by atoms with Crippen LogP contribution in [-0.2, 0) is 5.41 Å². The molecule has 11 aromatic rings. The van der Waals surface area contributed by atoms with E-state index in [1.165, 1.54) is 77.0 Å². The van der Waals surface area contributed by atoms with E-state index in [4.69, 9.17) is 4.42 Å². The SMILES string of the molecule is c1ccc(C2(c3ccccc3)c3ccccc3-c3ccc(-c4c5ccccc5c(-c5ccc6c(c5)oc5c7ccccc7ccc65)c5ccccc45)cc32)cc1. The molecular formula is C55H34O. The first-order valence-electron chi connectivity index (χ1n) is 19.4. The summed E-state index contributed by atoms with van der Waals surface area (Å²) in [4.78, 5) is 0. The molecule has 0 saturated heterocycles. The zero-order valence-electron chi connectivity index (χ0n) is 30.5. The molecule has 0 amide bonds. The van der Waals surface area contributed by atoms with Gasteiger partial charge in [0.25, 0.3) is 0 Å². The average Bonchev–Trinajstić information content (AvgIpc) is 3.79. The standard InChI is InChI=1S/C55H34O/c1-3-16-38(17-4-1)55(39-18-5-2-6-19-39)49-26-14-13-21-41(49)42-30-28-36(33-50(42)55)52-44-22-9-11-24-46(44)53(47-25-12-10-23-45(47)52)37-29-31-43-48-32-27-35-15-7-8-20-40(35)54(48)56-51(43)34-37/h1-34H. The maximum absolute atomic E-state index is 6.71. The number of rotatable bonds is 4. The van der Waals surface area contributed by atoms with E-state index < -0.39 is 5.41 Å². The van der Waals surface area contributed by atoms with Gasteiger partial charge in [-0.2, -0.15) is 0 Å². The molecule has 0 radical (unpaired) electrons. The first kappa shape index (κ1) is 31.2. The fourth-order valence-electron chi connectivity index (χ4n) is 10.0. The molecule has 1 aliphatic rings. The molecule has 1 aliphatic carbocycles. The predicted molar refractivity (Wildman–Crippen MR) is 234 cm³/mol. The molecule has 0 unspecified atom stereocenters. The second-order valence-electron chi connectivity index (χ2n) is 15.1. The van der Waals surface area contributed by atoms with Gasteiger partial charge in [0.15, 0.2) is 0 Å². The van der Waals surface area contributed by atoms with Gasteiger partial charge in [-0.1, -0.05) is 182 Å². The molecule has 0 N–H and O–H groups in total. The molecule has 0 aliphatic heterocycles. The lowest BCUT2D eigenvalue weighted by molar-refractivity contribution is 0.673. The molecular weight excluding hydrogens is 677 g/mol. The van der Waals surface area contributed by atoms with E-state index in [2.05, 4.69) is 206 Å². The third-order valence-corrected chi connectivity index (χ3v) is 12.3. The van der Waals surface area contributed by atoms with Gasteiger partial charge in [-0.05, 0) is 107 Å². The monoisotopic (exact) mass is 710 g/mol. The summed E-state index contributed by atoms with van der Waals surface area (Å²) in [5.41, 5.74) is 14.0. The highest BCUT2D eigenvalue weighted by Gasteiger charge is 2.46. The third-order valence-electron chi connectivity index (χ3n) is 12.3. The summed E-state index contributed by atoms with van der Waals surface area (Å²) in [5.74, 6) is 0. The molecule has 1 nitrogen and oxygen atoms in total. The Labute approximate surface area is 324 Å². The smallest absolute Gasteiger partial charge is 0.143 e. The Morgan fingerprint density at radius 3 is 1.48 bits per heavy atom. The van der Waals surface area contributed by atoms with E-state index in [0.717, 1.165) is 32.9 Å². The summed E-state index contributed by atoms with van der Waals surface area (Å²) in [7, 11) is 0. The highest BCUT2D eigenvalue weighted by atomic mass is 16.3. The maximum atomic E-state index is 6.71. The molecule has 260 valence electrons. The minimum atomic E-state index is -0.469. The van der Waals surface area contributed by atoms with Crippen LogP contribution in [0.4, 0.5) is 0 Å². The Balaban J connectivity index is 1.13. The Morgan fingerprint density at radius 1 is 0.321 bits per heavy atom. The van der Waals surface area contributed by atoms with E-state index >= 15 is 0 Å². The van der Waals surface area contributed by atoms with Gasteiger partial charge in [0, 0.05) is 16.2 Å². The van der Waals surface area contributed by atoms with Crippen LogP contribution in [0.1, 0.15) is 22.3 Å². The number of hydrogen-bond acceptors (Lipinski definition) is 1. The van der Waals surface area contributed by atoms with Crippen molar-refractivity contribution in [2.75, 3.05) is 0 Å². The van der Waals surface area contributed by atoms with Gasteiger partial charge in [0.2, 0.25) is 0 Å². The molecule has 56 heavy (non-hydrogen) atoms. The summed E-state index contributed by atoms with van der Waals surface area (Å²) in [6.45, 7) is 0. The molecule has 0 atom stereocenters. The van der Waals surface area contributed by atoms with Crippen molar-refractivity contribution in [1.29, 1.82) is 0 Å². The van der Waals surface area contributed by atoms with Crippen LogP contribution in [0.2, 0.25) is 0 Å². The summed E-state index contributed by atoms with van der Waals surface area (Å²) in [6, 6.07) is 75.9. The summed E-state index contributed by atoms with van der Waals surface area (Å²) < 4.78 is 6.71. The fourth-order valence-corrected chi connectivity index (χ4v) is 10.0.